The van der Waals surface area contributed by atoms with E-state index < -0.39 is 0 Å². The lowest BCUT2D eigenvalue weighted by molar-refractivity contribution is 0.244. The second kappa shape index (κ2) is 10.8. The van der Waals surface area contributed by atoms with Crippen LogP contribution in [0.15, 0.2) is 54.6 Å². The van der Waals surface area contributed by atoms with E-state index in [1.807, 2.05) is 0 Å². The first-order valence-corrected chi connectivity index (χ1v) is 12.5. The molecule has 4 rings (SSSR count). The van der Waals surface area contributed by atoms with Gasteiger partial charge >= 0.3 is 0 Å². The highest BCUT2D eigenvalue weighted by atomic mass is 15.4. The lowest BCUT2D eigenvalue weighted by atomic mass is 9.84. The summed E-state index contributed by atoms with van der Waals surface area (Å²) in [4.78, 5) is 4.77. The molecule has 2 aliphatic rings. The summed E-state index contributed by atoms with van der Waals surface area (Å²) >= 11 is 0. The Hall–Kier alpha value is -2.29. The number of guanidine groups is 1. The third-order valence-electron chi connectivity index (χ3n) is 7.26. The van der Waals surface area contributed by atoms with E-state index >= 15 is 0 Å². The highest BCUT2D eigenvalue weighted by molar-refractivity contribution is 5.79. The van der Waals surface area contributed by atoms with Gasteiger partial charge in [-0.1, -0.05) is 100 Å². The van der Waals surface area contributed by atoms with Crippen molar-refractivity contribution >= 4 is 5.96 Å². The van der Waals surface area contributed by atoms with Crippen molar-refractivity contribution in [2.75, 3.05) is 19.6 Å². The Balaban J connectivity index is 1.39. The van der Waals surface area contributed by atoms with Gasteiger partial charge in [0.15, 0.2) is 5.96 Å². The van der Waals surface area contributed by atoms with Gasteiger partial charge in [0, 0.05) is 25.7 Å². The molecule has 2 fully saturated rings. The summed E-state index contributed by atoms with van der Waals surface area (Å²) in [7, 11) is 0. The fourth-order valence-electron chi connectivity index (χ4n) is 5.38. The van der Waals surface area contributed by atoms with Gasteiger partial charge in [-0.25, -0.2) is 0 Å². The van der Waals surface area contributed by atoms with Crippen LogP contribution in [0.3, 0.4) is 0 Å². The van der Waals surface area contributed by atoms with E-state index in [0.717, 1.165) is 37.9 Å². The van der Waals surface area contributed by atoms with Crippen LogP contribution in [-0.4, -0.2) is 41.4 Å². The molecule has 0 radical (unpaired) electrons. The molecule has 1 aliphatic heterocycles. The Morgan fingerprint density at radius 3 is 2.29 bits per heavy atom. The van der Waals surface area contributed by atoms with Gasteiger partial charge in [-0.05, 0) is 41.9 Å². The Kier molecular flexibility index (Phi) is 7.66. The zero-order valence-corrected chi connectivity index (χ0v) is 19.2. The summed E-state index contributed by atoms with van der Waals surface area (Å²) in [5.41, 5.74) is 3.92. The molecule has 1 N–H and O–H groups in total. The summed E-state index contributed by atoms with van der Waals surface area (Å²) in [5.74, 6) is 1.64. The third kappa shape index (κ3) is 5.70. The standard InChI is InChI=1S/C28H39N3/c1-2-3-19-30-22-27(21-24-10-6-4-7-11-24)31(28(30)29)20-18-23-14-16-26(17-15-23)25-12-8-5-9-13-25/h5,8-9,12-17,24,27,29H,2-4,6-7,10-11,18-22H2,1H3. The van der Waals surface area contributed by atoms with Crippen LogP contribution >= 0.6 is 0 Å². The average Bonchev–Trinajstić information content (AvgIpc) is 3.11. The van der Waals surface area contributed by atoms with Crippen LogP contribution < -0.4 is 0 Å². The van der Waals surface area contributed by atoms with Crippen molar-refractivity contribution in [2.45, 2.75) is 70.8 Å². The Morgan fingerprint density at radius 2 is 1.58 bits per heavy atom. The number of hydrogen-bond acceptors (Lipinski definition) is 1. The van der Waals surface area contributed by atoms with Crippen LogP contribution in [0.2, 0.25) is 0 Å². The van der Waals surface area contributed by atoms with Crippen molar-refractivity contribution in [3.05, 3.63) is 60.2 Å². The molecule has 1 saturated heterocycles. The number of nitrogens with zero attached hydrogens (tertiary/aromatic N) is 2. The molecule has 3 nitrogen and oxygen atoms in total. The van der Waals surface area contributed by atoms with Crippen LogP contribution in [-0.2, 0) is 6.42 Å². The van der Waals surface area contributed by atoms with E-state index in [-0.39, 0.29) is 0 Å². The van der Waals surface area contributed by atoms with Crippen LogP contribution in [0.25, 0.3) is 11.1 Å². The van der Waals surface area contributed by atoms with Crippen molar-refractivity contribution in [1.29, 1.82) is 5.41 Å². The maximum Gasteiger partial charge on any atom is 0.194 e. The number of rotatable bonds is 9. The minimum Gasteiger partial charge on any atom is -0.341 e. The fourth-order valence-corrected chi connectivity index (χ4v) is 5.38. The maximum atomic E-state index is 8.85. The van der Waals surface area contributed by atoms with Gasteiger partial charge in [-0.15, -0.1) is 0 Å². The molecule has 2 aromatic carbocycles. The zero-order chi connectivity index (χ0) is 21.5. The molecule has 1 saturated carbocycles. The molecule has 1 heterocycles. The van der Waals surface area contributed by atoms with E-state index in [1.54, 1.807) is 0 Å². The van der Waals surface area contributed by atoms with Crippen molar-refractivity contribution in [3.63, 3.8) is 0 Å². The molecule has 0 bridgehead atoms. The molecule has 0 amide bonds. The van der Waals surface area contributed by atoms with E-state index in [4.69, 9.17) is 5.41 Å². The monoisotopic (exact) mass is 417 g/mol. The van der Waals surface area contributed by atoms with E-state index in [1.165, 1.54) is 68.1 Å². The lowest BCUT2D eigenvalue weighted by Gasteiger charge is -2.30. The van der Waals surface area contributed by atoms with Gasteiger partial charge in [-0.3, -0.25) is 5.41 Å². The summed E-state index contributed by atoms with van der Waals surface area (Å²) in [6.45, 7) is 5.31. The number of unbranched alkanes of at least 4 members (excludes halogenated alkanes) is 1. The normalized spacial score (nSPS) is 19.9. The quantitative estimate of drug-likeness (QED) is 0.499. The summed E-state index contributed by atoms with van der Waals surface area (Å²) in [6, 6.07) is 20.1. The van der Waals surface area contributed by atoms with Gasteiger partial charge in [0.25, 0.3) is 0 Å². The van der Waals surface area contributed by atoms with Crippen molar-refractivity contribution in [2.24, 2.45) is 5.92 Å². The van der Waals surface area contributed by atoms with Crippen molar-refractivity contribution < 1.29 is 0 Å². The highest BCUT2D eigenvalue weighted by Gasteiger charge is 2.35. The smallest absolute Gasteiger partial charge is 0.194 e. The van der Waals surface area contributed by atoms with E-state index in [2.05, 4.69) is 71.3 Å². The Labute approximate surface area is 189 Å². The van der Waals surface area contributed by atoms with Crippen LogP contribution in [0, 0.1) is 11.3 Å². The molecule has 166 valence electrons. The van der Waals surface area contributed by atoms with Gasteiger partial charge in [0.05, 0.1) is 0 Å². The van der Waals surface area contributed by atoms with Crippen LogP contribution in [0.1, 0.15) is 63.9 Å². The van der Waals surface area contributed by atoms with Crippen LogP contribution in [0.4, 0.5) is 0 Å². The molecule has 3 heteroatoms. The minimum atomic E-state index is 0.524. The maximum absolute atomic E-state index is 8.85. The number of hydrogen-bond donors (Lipinski definition) is 1. The SMILES string of the molecule is CCCCN1CC(CC2CCCCC2)N(CCc2ccc(-c3ccccc3)cc2)C1=N. The molecule has 31 heavy (non-hydrogen) atoms. The summed E-state index contributed by atoms with van der Waals surface area (Å²) < 4.78 is 0. The molecule has 1 atom stereocenters. The third-order valence-corrected chi connectivity index (χ3v) is 7.26. The molecule has 1 unspecified atom stereocenters. The molecule has 0 aromatic heterocycles. The molecule has 2 aromatic rings. The predicted molar refractivity (Wildman–Crippen MR) is 131 cm³/mol. The van der Waals surface area contributed by atoms with Crippen molar-refractivity contribution in [3.8, 4) is 11.1 Å². The second-order valence-corrected chi connectivity index (χ2v) is 9.52. The molecular formula is C28H39N3. The number of benzene rings is 2. The molecule has 1 aliphatic carbocycles. The Morgan fingerprint density at radius 1 is 0.871 bits per heavy atom. The summed E-state index contributed by atoms with van der Waals surface area (Å²) in [5, 5.41) is 8.85. The van der Waals surface area contributed by atoms with Crippen molar-refractivity contribution in [1.82, 2.24) is 9.80 Å². The van der Waals surface area contributed by atoms with Gasteiger partial charge in [0.1, 0.15) is 0 Å². The molecule has 0 spiro atoms. The highest BCUT2D eigenvalue weighted by Crippen LogP contribution is 2.31. The number of nitrogens with one attached hydrogen (secondary N) is 1. The first kappa shape index (κ1) is 21.9. The van der Waals surface area contributed by atoms with E-state index in [9.17, 15) is 0 Å². The Bertz CT molecular complexity index is 808. The second-order valence-electron chi connectivity index (χ2n) is 9.52. The lowest BCUT2D eigenvalue weighted by Crippen LogP contribution is -2.38. The molecular weight excluding hydrogens is 378 g/mol. The van der Waals surface area contributed by atoms with Gasteiger partial charge in [-0.2, -0.15) is 0 Å². The van der Waals surface area contributed by atoms with Gasteiger partial charge in [0.2, 0.25) is 0 Å². The van der Waals surface area contributed by atoms with Crippen LogP contribution in [0.5, 0.6) is 0 Å². The van der Waals surface area contributed by atoms with E-state index in [0.29, 0.717) is 6.04 Å². The fraction of sp³-hybridized carbons (Fsp3) is 0.536. The zero-order valence-electron chi connectivity index (χ0n) is 19.2. The average molecular weight is 418 g/mol. The topological polar surface area (TPSA) is 30.3 Å². The minimum absolute atomic E-state index is 0.524. The largest absolute Gasteiger partial charge is 0.341 e. The van der Waals surface area contributed by atoms with Gasteiger partial charge < -0.3 is 9.80 Å². The summed E-state index contributed by atoms with van der Waals surface area (Å²) in [6.07, 6.45) is 11.7. The first-order valence-electron chi connectivity index (χ1n) is 12.5. The first-order chi connectivity index (χ1) is 15.2. The predicted octanol–water partition coefficient (Wildman–Crippen LogP) is 6.59.